The van der Waals surface area contributed by atoms with E-state index in [9.17, 15) is 13.6 Å². The number of nitrogens with one attached hydrogen (secondary N) is 1. The lowest BCUT2D eigenvalue weighted by Crippen LogP contribution is -2.52. The normalized spacial score (nSPS) is 19.1. The Morgan fingerprint density at radius 2 is 2.00 bits per heavy atom. The second kappa shape index (κ2) is 8.90. The smallest absolute Gasteiger partial charge is 0.243 e. The first-order valence-electron chi connectivity index (χ1n) is 10.9. The molecule has 1 aromatic heterocycles. The zero-order valence-corrected chi connectivity index (χ0v) is 18.9. The van der Waals surface area contributed by atoms with Crippen molar-refractivity contribution in [1.29, 1.82) is 0 Å². The van der Waals surface area contributed by atoms with Crippen molar-refractivity contribution in [3.63, 3.8) is 0 Å². The topological polar surface area (TPSA) is 46.5 Å². The minimum Gasteiger partial charge on any atom is -0.383 e. The summed E-state index contributed by atoms with van der Waals surface area (Å²) >= 11 is 0. The van der Waals surface area contributed by atoms with Crippen LogP contribution in [0.5, 0.6) is 0 Å². The minimum absolute atomic E-state index is 0.0204. The maximum Gasteiger partial charge on any atom is 0.243 e. The highest BCUT2D eigenvalue weighted by molar-refractivity contribution is 5.98. The number of likely N-dealkylation sites (N-methyl/N-ethyl adjacent to an activating group) is 1. The third kappa shape index (κ3) is 4.09. The van der Waals surface area contributed by atoms with Crippen molar-refractivity contribution in [2.45, 2.75) is 38.9 Å². The number of rotatable bonds is 5. The summed E-state index contributed by atoms with van der Waals surface area (Å²) in [4.78, 5) is 15.2. The molecule has 32 heavy (non-hydrogen) atoms. The third-order valence-electron chi connectivity index (χ3n) is 6.20. The van der Waals surface area contributed by atoms with E-state index in [1.54, 1.807) is 7.11 Å². The number of ether oxygens (including phenoxy) is 1. The highest BCUT2D eigenvalue weighted by Gasteiger charge is 2.32. The summed E-state index contributed by atoms with van der Waals surface area (Å²) in [5, 5.41) is 4.20. The van der Waals surface area contributed by atoms with E-state index in [0.717, 1.165) is 28.2 Å². The molecule has 2 aromatic carbocycles. The molecule has 0 spiro atoms. The Morgan fingerprint density at radius 3 is 2.69 bits per heavy atom. The van der Waals surface area contributed by atoms with E-state index in [4.69, 9.17) is 4.74 Å². The van der Waals surface area contributed by atoms with Gasteiger partial charge in [-0.05, 0) is 36.1 Å². The number of amides is 1. The fourth-order valence-electron chi connectivity index (χ4n) is 4.81. The molecule has 2 heterocycles. The fraction of sp³-hybridized carbons (Fsp3) is 0.400. The number of hydrogen-bond acceptors (Lipinski definition) is 3. The maximum atomic E-state index is 14.4. The number of nitrogens with zero attached hydrogens (tertiary/aromatic N) is 2. The number of benzene rings is 2. The Morgan fingerprint density at radius 1 is 1.22 bits per heavy atom. The quantitative estimate of drug-likeness (QED) is 0.648. The van der Waals surface area contributed by atoms with Gasteiger partial charge in [0.15, 0.2) is 0 Å². The average Bonchev–Trinajstić information content (AvgIpc) is 3.08. The van der Waals surface area contributed by atoms with Gasteiger partial charge in [0.1, 0.15) is 17.7 Å². The molecule has 1 N–H and O–H groups in total. The number of halogens is 2. The lowest BCUT2D eigenvalue weighted by Gasteiger charge is -2.32. The number of anilines is 1. The van der Waals surface area contributed by atoms with E-state index in [-0.39, 0.29) is 30.5 Å². The molecular weight excluding hydrogens is 412 g/mol. The van der Waals surface area contributed by atoms with Crippen molar-refractivity contribution in [3.05, 3.63) is 65.4 Å². The molecule has 1 aliphatic heterocycles. The summed E-state index contributed by atoms with van der Waals surface area (Å²) in [6.07, 6.45) is 2.60. The van der Waals surface area contributed by atoms with Gasteiger partial charge in [0.05, 0.1) is 24.7 Å². The molecule has 4 rings (SSSR count). The fourth-order valence-corrected chi connectivity index (χ4v) is 4.81. The molecule has 0 unspecified atom stereocenters. The predicted octanol–water partition coefficient (Wildman–Crippen LogP) is 4.12. The first kappa shape index (κ1) is 22.3. The highest BCUT2D eigenvalue weighted by Crippen LogP contribution is 2.35. The predicted molar refractivity (Wildman–Crippen MR) is 122 cm³/mol. The van der Waals surface area contributed by atoms with Crippen molar-refractivity contribution in [2.75, 3.05) is 25.7 Å². The Labute approximate surface area is 187 Å². The number of methoxy groups -OCH3 is 1. The first-order valence-corrected chi connectivity index (χ1v) is 10.9. The summed E-state index contributed by atoms with van der Waals surface area (Å²) in [6, 6.07) is 9.12. The molecule has 5 nitrogen and oxygen atoms in total. The van der Waals surface area contributed by atoms with Crippen molar-refractivity contribution < 1.29 is 18.3 Å². The van der Waals surface area contributed by atoms with E-state index >= 15 is 0 Å². The van der Waals surface area contributed by atoms with Crippen LogP contribution in [0.1, 0.15) is 25.0 Å². The Kier molecular flexibility index (Phi) is 6.20. The van der Waals surface area contributed by atoms with Crippen LogP contribution in [0, 0.1) is 17.6 Å². The molecule has 2 atom stereocenters. The van der Waals surface area contributed by atoms with Gasteiger partial charge in [0, 0.05) is 43.1 Å². The minimum atomic E-state index is -0.590. The number of carbonyl (C=O) groups is 1. The Bertz CT molecular complexity index is 1140. The van der Waals surface area contributed by atoms with Gasteiger partial charge in [0.2, 0.25) is 5.91 Å². The first-order chi connectivity index (χ1) is 15.3. The molecule has 0 bridgehead atoms. The molecule has 0 radical (unpaired) electrons. The Balaban J connectivity index is 1.87. The van der Waals surface area contributed by atoms with Gasteiger partial charge in [-0.3, -0.25) is 4.79 Å². The molecule has 7 heteroatoms. The molecule has 170 valence electrons. The highest BCUT2D eigenvalue weighted by atomic mass is 19.1. The van der Waals surface area contributed by atoms with Crippen LogP contribution in [0.25, 0.3) is 10.9 Å². The monoisotopic (exact) mass is 441 g/mol. The van der Waals surface area contributed by atoms with Crippen LogP contribution < -0.4 is 10.2 Å². The van der Waals surface area contributed by atoms with Gasteiger partial charge in [-0.15, -0.1) is 0 Å². The van der Waals surface area contributed by atoms with Crippen molar-refractivity contribution in [2.24, 2.45) is 5.92 Å². The van der Waals surface area contributed by atoms with Crippen LogP contribution in [-0.2, 0) is 22.5 Å². The molecular formula is C25H29F2N3O2. The van der Waals surface area contributed by atoms with Crippen LogP contribution in [0.15, 0.2) is 42.6 Å². The van der Waals surface area contributed by atoms with Crippen LogP contribution in [0.3, 0.4) is 0 Å². The molecule has 0 aliphatic carbocycles. The summed E-state index contributed by atoms with van der Waals surface area (Å²) in [5.41, 5.74) is 3.38. The molecule has 1 aliphatic rings. The van der Waals surface area contributed by atoms with Crippen LogP contribution in [-0.4, -0.2) is 43.3 Å². The van der Waals surface area contributed by atoms with E-state index in [1.807, 2.05) is 54.8 Å². The largest absolute Gasteiger partial charge is 0.383 e. The van der Waals surface area contributed by atoms with Gasteiger partial charge < -0.3 is 19.5 Å². The number of carbonyl (C=O) groups excluding carboxylic acids is 1. The van der Waals surface area contributed by atoms with E-state index in [1.165, 1.54) is 12.1 Å². The third-order valence-corrected chi connectivity index (χ3v) is 6.20. The maximum absolute atomic E-state index is 14.4. The lowest BCUT2D eigenvalue weighted by atomic mass is 10.0. The zero-order chi connectivity index (χ0) is 23.0. The number of aromatic nitrogens is 1. The molecule has 0 saturated heterocycles. The molecule has 3 aromatic rings. The van der Waals surface area contributed by atoms with Gasteiger partial charge in [-0.2, -0.15) is 0 Å². The summed E-state index contributed by atoms with van der Waals surface area (Å²) in [6.45, 7) is 4.74. The molecule has 0 saturated carbocycles. The molecule has 1 amide bonds. The number of hydrogen-bond donors (Lipinski definition) is 1. The summed E-state index contributed by atoms with van der Waals surface area (Å²) in [5.74, 6) is -1.08. The SMILES string of the molecule is COC[C@@H]1Cc2cn(Cc3ccc(F)cc3F)c3cccc(c23)N(C)[C@@H](C(C)C)C(=O)N1. The average molecular weight is 442 g/mol. The van der Waals surface area contributed by atoms with Crippen molar-refractivity contribution >= 4 is 22.5 Å². The lowest BCUT2D eigenvalue weighted by molar-refractivity contribution is -0.124. The van der Waals surface area contributed by atoms with Gasteiger partial charge in [-0.25, -0.2) is 8.78 Å². The van der Waals surface area contributed by atoms with E-state index in [0.29, 0.717) is 18.6 Å². The zero-order valence-electron chi connectivity index (χ0n) is 18.9. The standard InChI is InChI=1S/C25H29F2N3O2/c1-15(2)24-25(31)28-19(14-32-4)10-17-13-30(12-16-8-9-18(26)11-20(16)27)22-7-5-6-21(23(17)22)29(24)3/h5-9,11,13,15,19,24H,10,12,14H2,1-4H3,(H,28,31)/t19-,24-/m0/s1. The van der Waals surface area contributed by atoms with Crippen LogP contribution in [0.2, 0.25) is 0 Å². The van der Waals surface area contributed by atoms with E-state index < -0.39 is 11.6 Å². The van der Waals surface area contributed by atoms with Crippen LogP contribution in [0.4, 0.5) is 14.5 Å². The second-order valence-electron chi connectivity index (χ2n) is 8.85. The van der Waals surface area contributed by atoms with Gasteiger partial charge >= 0.3 is 0 Å². The Hall–Kier alpha value is -2.93. The van der Waals surface area contributed by atoms with Crippen molar-refractivity contribution in [3.8, 4) is 0 Å². The van der Waals surface area contributed by atoms with Crippen LogP contribution >= 0.6 is 0 Å². The van der Waals surface area contributed by atoms with Gasteiger partial charge in [-0.1, -0.05) is 26.0 Å². The van der Waals surface area contributed by atoms with Gasteiger partial charge in [0.25, 0.3) is 0 Å². The summed E-state index contributed by atoms with van der Waals surface area (Å²) < 4.78 is 35.1. The van der Waals surface area contributed by atoms with Crippen molar-refractivity contribution in [1.82, 2.24) is 9.88 Å². The molecule has 0 fully saturated rings. The second-order valence-corrected chi connectivity index (χ2v) is 8.85. The van der Waals surface area contributed by atoms with E-state index in [2.05, 4.69) is 5.32 Å². The summed E-state index contributed by atoms with van der Waals surface area (Å²) in [7, 11) is 3.56.